The van der Waals surface area contributed by atoms with Gasteiger partial charge < -0.3 is 11.1 Å². The highest BCUT2D eigenvalue weighted by atomic mass is 16.1. The molecule has 1 atom stereocenters. The van der Waals surface area contributed by atoms with E-state index in [1.165, 1.54) is 0 Å². The van der Waals surface area contributed by atoms with Crippen LogP contribution in [0.15, 0.2) is 0 Å². The molecule has 0 spiro atoms. The molecule has 0 aliphatic heterocycles. The second-order valence-electron chi connectivity index (χ2n) is 2.26. The zero-order valence-electron chi connectivity index (χ0n) is 6.76. The third kappa shape index (κ3) is 3.64. The molecule has 11 heavy (non-hydrogen) atoms. The maximum atomic E-state index is 11.1. The number of nitrogens with one attached hydrogen (secondary N) is 1. The van der Waals surface area contributed by atoms with Crippen molar-refractivity contribution < 1.29 is 4.79 Å². The molecular formula is C8H14N2O. The first kappa shape index (κ1) is 9.99. The van der Waals surface area contributed by atoms with E-state index in [9.17, 15) is 4.79 Å². The van der Waals surface area contributed by atoms with Crippen LogP contribution in [0.3, 0.4) is 0 Å². The van der Waals surface area contributed by atoms with Gasteiger partial charge in [-0.15, -0.1) is 6.42 Å². The Hall–Kier alpha value is -1.01. The van der Waals surface area contributed by atoms with Gasteiger partial charge in [-0.1, -0.05) is 12.8 Å². The highest BCUT2D eigenvalue weighted by Crippen LogP contribution is 1.98. The largest absolute Gasteiger partial charge is 0.345 e. The summed E-state index contributed by atoms with van der Waals surface area (Å²) in [6.07, 6.45) is 5.72. The zero-order valence-corrected chi connectivity index (χ0v) is 6.76. The van der Waals surface area contributed by atoms with Crippen molar-refractivity contribution in [2.24, 2.45) is 11.7 Å². The van der Waals surface area contributed by atoms with Gasteiger partial charge >= 0.3 is 0 Å². The Morgan fingerprint density at radius 2 is 2.45 bits per heavy atom. The molecule has 3 nitrogen and oxygen atoms in total. The first-order valence-corrected chi connectivity index (χ1v) is 3.67. The molecule has 1 amide bonds. The lowest BCUT2D eigenvalue weighted by Gasteiger charge is -2.10. The Kier molecular flexibility index (Phi) is 5.22. The maximum Gasteiger partial charge on any atom is 0.225 e. The fourth-order valence-corrected chi connectivity index (χ4v) is 0.742. The molecule has 0 radical (unpaired) electrons. The van der Waals surface area contributed by atoms with E-state index in [1.54, 1.807) is 0 Å². The average Bonchev–Trinajstić information content (AvgIpc) is 2.03. The van der Waals surface area contributed by atoms with Gasteiger partial charge in [-0.3, -0.25) is 4.79 Å². The number of amides is 1. The number of rotatable bonds is 4. The van der Waals surface area contributed by atoms with Gasteiger partial charge in [0.1, 0.15) is 0 Å². The molecule has 3 heteroatoms. The maximum absolute atomic E-state index is 11.1. The van der Waals surface area contributed by atoms with E-state index in [1.807, 2.05) is 6.92 Å². The van der Waals surface area contributed by atoms with E-state index in [0.717, 1.165) is 6.42 Å². The van der Waals surface area contributed by atoms with Gasteiger partial charge in [0.25, 0.3) is 0 Å². The van der Waals surface area contributed by atoms with Crippen LogP contribution in [-0.4, -0.2) is 19.0 Å². The topological polar surface area (TPSA) is 55.1 Å². The SMILES string of the molecule is C#CCNC(=O)C(CC)CN. The van der Waals surface area contributed by atoms with E-state index in [0.29, 0.717) is 6.54 Å². The van der Waals surface area contributed by atoms with Crippen molar-refractivity contribution in [1.29, 1.82) is 0 Å². The molecule has 0 aliphatic rings. The highest BCUT2D eigenvalue weighted by Gasteiger charge is 2.12. The van der Waals surface area contributed by atoms with Crippen molar-refractivity contribution in [3.63, 3.8) is 0 Å². The molecule has 0 saturated heterocycles. The predicted octanol–water partition coefficient (Wildman–Crippen LogP) is -0.279. The summed E-state index contributed by atoms with van der Waals surface area (Å²) in [6.45, 7) is 2.59. The van der Waals surface area contributed by atoms with Crippen LogP contribution in [-0.2, 0) is 4.79 Å². The smallest absolute Gasteiger partial charge is 0.225 e. The number of terminal acetylenes is 1. The minimum atomic E-state index is -0.0941. The monoisotopic (exact) mass is 154 g/mol. The zero-order chi connectivity index (χ0) is 8.69. The van der Waals surface area contributed by atoms with Gasteiger partial charge in [0.15, 0.2) is 0 Å². The standard InChI is InChI=1S/C8H14N2O/c1-3-5-10-8(11)7(4-2)6-9/h1,7H,4-6,9H2,2H3,(H,10,11). The lowest BCUT2D eigenvalue weighted by Crippen LogP contribution is -2.34. The van der Waals surface area contributed by atoms with Gasteiger partial charge in [-0.25, -0.2) is 0 Å². The summed E-state index contributed by atoms with van der Waals surface area (Å²) in [5, 5.41) is 2.58. The van der Waals surface area contributed by atoms with Crippen LogP contribution in [0.4, 0.5) is 0 Å². The van der Waals surface area contributed by atoms with Crippen LogP contribution in [0.25, 0.3) is 0 Å². The van der Waals surface area contributed by atoms with Crippen molar-refractivity contribution >= 4 is 5.91 Å². The molecule has 0 aliphatic carbocycles. The van der Waals surface area contributed by atoms with Gasteiger partial charge in [-0.05, 0) is 6.42 Å². The second-order valence-corrected chi connectivity index (χ2v) is 2.26. The summed E-state index contributed by atoms with van der Waals surface area (Å²) < 4.78 is 0. The lowest BCUT2D eigenvalue weighted by molar-refractivity contribution is -0.124. The third-order valence-corrected chi connectivity index (χ3v) is 1.51. The highest BCUT2D eigenvalue weighted by molar-refractivity contribution is 5.78. The summed E-state index contributed by atoms with van der Waals surface area (Å²) in [5.74, 6) is 2.19. The van der Waals surface area contributed by atoms with Crippen LogP contribution < -0.4 is 11.1 Å². The number of carbonyl (C=O) groups excluding carboxylic acids is 1. The van der Waals surface area contributed by atoms with Crippen LogP contribution >= 0.6 is 0 Å². The Balaban J connectivity index is 3.72. The first-order chi connectivity index (χ1) is 5.26. The van der Waals surface area contributed by atoms with Crippen molar-refractivity contribution in [3.05, 3.63) is 0 Å². The van der Waals surface area contributed by atoms with E-state index >= 15 is 0 Å². The van der Waals surface area contributed by atoms with E-state index in [4.69, 9.17) is 12.2 Å². The summed E-state index contributed by atoms with van der Waals surface area (Å²) >= 11 is 0. The van der Waals surface area contributed by atoms with E-state index < -0.39 is 0 Å². The van der Waals surface area contributed by atoms with E-state index in [-0.39, 0.29) is 18.4 Å². The molecule has 0 aromatic rings. The van der Waals surface area contributed by atoms with Crippen molar-refractivity contribution in [2.45, 2.75) is 13.3 Å². The molecule has 0 rings (SSSR count). The molecule has 0 bridgehead atoms. The van der Waals surface area contributed by atoms with Crippen LogP contribution in [0.2, 0.25) is 0 Å². The summed E-state index contributed by atoms with van der Waals surface area (Å²) in [5.41, 5.74) is 5.34. The lowest BCUT2D eigenvalue weighted by atomic mass is 10.1. The fourth-order valence-electron chi connectivity index (χ4n) is 0.742. The van der Waals surface area contributed by atoms with Crippen molar-refractivity contribution in [1.82, 2.24) is 5.32 Å². The van der Waals surface area contributed by atoms with Gasteiger partial charge in [-0.2, -0.15) is 0 Å². The van der Waals surface area contributed by atoms with E-state index in [2.05, 4.69) is 11.2 Å². The van der Waals surface area contributed by atoms with Crippen LogP contribution in [0.1, 0.15) is 13.3 Å². The molecule has 62 valence electrons. The van der Waals surface area contributed by atoms with Crippen molar-refractivity contribution in [2.75, 3.05) is 13.1 Å². The average molecular weight is 154 g/mol. The molecule has 1 unspecified atom stereocenters. The minimum absolute atomic E-state index is 0.0482. The Morgan fingerprint density at radius 1 is 1.82 bits per heavy atom. The third-order valence-electron chi connectivity index (χ3n) is 1.51. The number of hydrogen-bond donors (Lipinski definition) is 2. The van der Waals surface area contributed by atoms with Gasteiger partial charge in [0.05, 0.1) is 6.54 Å². The van der Waals surface area contributed by atoms with Crippen LogP contribution in [0, 0.1) is 18.3 Å². The predicted molar refractivity (Wildman–Crippen MR) is 44.7 cm³/mol. The quantitative estimate of drug-likeness (QED) is 0.547. The normalized spacial score (nSPS) is 11.7. The van der Waals surface area contributed by atoms with Crippen molar-refractivity contribution in [3.8, 4) is 12.3 Å². The molecule has 0 aromatic heterocycles. The van der Waals surface area contributed by atoms with Gasteiger partial charge in [0, 0.05) is 12.5 Å². The Labute approximate surface area is 67.3 Å². The number of nitrogens with two attached hydrogens (primary N) is 1. The molecule has 0 aromatic carbocycles. The Morgan fingerprint density at radius 3 is 2.82 bits per heavy atom. The molecule has 0 heterocycles. The number of hydrogen-bond acceptors (Lipinski definition) is 2. The first-order valence-electron chi connectivity index (χ1n) is 3.67. The summed E-state index contributed by atoms with van der Waals surface area (Å²) in [4.78, 5) is 11.1. The molecular weight excluding hydrogens is 140 g/mol. The van der Waals surface area contributed by atoms with Crippen LogP contribution in [0.5, 0.6) is 0 Å². The van der Waals surface area contributed by atoms with Gasteiger partial charge in [0.2, 0.25) is 5.91 Å². The summed E-state index contributed by atoms with van der Waals surface area (Å²) in [6, 6.07) is 0. The molecule has 3 N–H and O–H groups in total. The minimum Gasteiger partial charge on any atom is -0.345 e. The molecule has 0 fully saturated rings. The Bertz CT molecular complexity index is 156. The number of carbonyl (C=O) groups is 1. The fraction of sp³-hybridized carbons (Fsp3) is 0.625. The molecule has 0 saturated carbocycles. The second kappa shape index (κ2) is 5.75. The summed E-state index contributed by atoms with van der Waals surface area (Å²) in [7, 11) is 0.